The first-order valence-electron chi connectivity index (χ1n) is 5.13. The van der Waals surface area contributed by atoms with E-state index < -0.39 is 6.67 Å². The highest BCUT2D eigenvalue weighted by Crippen LogP contribution is 2.18. The Balaban J connectivity index is 1.96. The maximum absolute atomic E-state index is 11.9. The van der Waals surface area contributed by atoms with Crippen LogP contribution in [0.1, 0.15) is 11.6 Å². The van der Waals surface area contributed by atoms with Crippen LogP contribution in [-0.2, 0) is 0 Å². The molecular formula is C11H15FN2O. The molecule has 1 heterocycles. The van der Waals surface area contributed by atoms with Gasteiger partial charge in [0.1, 0.15) is 19.0 Å². The first-order valence-corrected chi connectivity index (χ1v) is 5.13. The van der Waals surface area contributed by atoms with Gasteiger partial charge in [0.15, 0.2) is 0 Å². The average Bonchev–Trinajstić information content (AvgIpc) is 2.80. The van der Waals surface area contributed by atoms with Gasteiger partial charge in [-0.25, -0.2) is 4.39 Å². The SMILES string of the molecule is FCCOc1ccc(C2CNCN2)cc1. The second kappa shape index (κ2) is 5.09. The number of nitrogens with one attached hydrogen (secondary N) is 2. The fourth-order valence-corrected chi connectivity index (χ4v) is 1.67. The molecule has 1 fully saturated rings. The van der Waals surface area contributed by atoms with Crippen LogP contribution in [0.2, 0.25) is 0 Å². The Labute approximate surface area is 88.6 Å². The van der Waals surface area contributed by atoms with Gasteiger partial charge in [0.2, 0.25) is 0 Å². The van der Waals surface area contributed by atoms with E-state index in [2.05, 4.69) is 10.6 Å². The van der Waals surface area contributed by atoms with E-state index in [1.54, 1.807) is 0 Å². The van der Waals surface area contributed by atoms with Crippen molar-refractivity contribution in [3.05, 3.63) is 29.8 Å². The molecule has 15 heavy (non-hydrogen) atoms. The summed E-state index contributed by atoms with van der Waals surface area (Å²) in [6, 6.07) is 8.16. The van der Waals surface area contributed by atoms with Crippen molar-refractivity contribution in [2.75, 3.05) is 26.5 Å². The second-order valence-corrected chi connectivity index (χ2v) is 3.49. The highest BCUT2D eigenvalue weighted by atomic mass is 19.1. The molecule has 0 radical (unpaired) electrons. The zero-order valence-electron chi connectivity index (χ0n) is 8.50. The highest BCUT2D eigenvalue weighted by Gasteiger charge is 2.14. The molecule has 0 saturated carbocycles. The van der Waals surface area contributed by atoms with Crippen LogP contribution in [0.15, 0.2) is 24.3 Å². The third-order valence-corrected chi connectivity index (χ3v) is 2.45. The zero-order valence-corrected chi connectivity index (χ0v) is 8.50. The molecule has 1 unspecified atom stereocenters. The van der Waals surface area contributed by atoms with Gasteiger partial charge >= 0.3 is 0 Å². The topological polar surface area (TPSA) is 33.3 Å². The molecule has 2 N–H and O–H groups in total. The van der Waals surface area contributed by atoms with E-state index in [4.69, 9.17) is 4.74 Å². The van der Waals surface area contributed by atoms with Gasteiger partial charge in [-0.05, 0) is 17.7 Å². The molecule has 1 saturated heterocycles. The maximum atomic E-state index is 11.9. The van der Waals surface area contributed by atoms with E-state index in [1.165, 1.54) is 5.56 Å². The smallest absolute Gasteiger partial charge is 0.123 e. The first-order chi connectivity index (χ1) is 7.40. The molecule has 2 rings (SSSR count). The van der Waals surface area contributed by atoms with Crippen molar-refractivity contribution < 1.29 is 9.13 Å². The summed E-state index contributed by atoms with van der Waals surface area (Å²) in [5, 5.41) is 6.55. The van der Waals surface area contributed by atoms with Crippen molar-refractivity contribution in [2.24, 2.45) is 0 Å². The normalized spacial score (nSPS) is 20.5. The summed E-state index contributed by atoms with van der Waals surface area (Å²) in [4.78, 5) is 0. The Morgan fingerprint density at radius 2 is 2.13 bits per heavy atom. The number of rotatable bonds is 4. The average molecular weight is 210 g/mol. The summed E-state index contributed by atoms with van der Waals surface area (Å²) in [6.45, 7) is 1.48. The van der Waals surface area contributed by atoms with Crippen molar-refractivity contribution in [2.45, 2.75) is 6.04 Å². The van der Waals surface area contributed by atoms with Crippen molar-refractivity contribution >= 4 is 0 Å². The van der Waals surface area contributed by atoms with Crippen molar-refractivity contribution in [1.82, 2.24) is 10.6 Å². The van der Waals surface area contributed by atoms with Gasteiger partial charge in [-0.3, -0.25) is 5.32 Å². The van der Waals surface area contributed by atoms with Crippen LogP contribution in [0.3, 0.4) is 0 Å². The van der Waals surface area contributed by atoms with E-state index in [-0.39, 0.29) is 6.61 Å². The minimum Gasteiger partial charge on any atom is -0.491 e. The number of halogens is 1. The van der Waals surface area contributed by atoms with Crippen molar-refractivity contribution in [3.8, 4) is 5.75 Å². The third-order valence-electron chi connectivity index (χ3n) is 2.45. The van der Waals surface area contributed by atoms with E-state index in [0.717, 1.165) is 19.0 Å². The summed E-state index contributed by atoms with van der Waals surface area (Å²) in [5.41, 5.74) is 1.23. The lowest BCUT2D eigenvalue weighted by Gasteiger charge is -2.10. The number of benzene rings is 1. The molecule has 0 aliphatic carbocycles. The lowest BCUT2D eigenvalue weighted by atomic mass is 10.1. The number of alkyl halides is 1. The summed E-state index contributed by atoms with van der Waals surface area (Å²) < 4.78 is 17.0. The van der Waals surface area contributed by atoms with Crippen molar-refractivity contribution in [1.29, 1.82) is 0 Å². The van der Waals surface area contributed by atoms with Crippen LogP contribution >= 0.6 is 0 Å². The lowest BCUT2D eigenvalue weighted by Crippen LogP contribution is -2.14. The minimum atomic E-state index is -0.449. The summed E-state index contributed by atoms with van der Waals surface area (Å²) in [6.07, 6.45) is 0. The van der Waals surface area contributed by atoms with Gasteiger partial charge in [0.05, 0.1) is 0 Å². The number of hydrogen-bond acceptors (Lipinski definition) is 3. The maximum Gasteiger partial charge on any atom is 0.123 e. The van der Waals surface area contributed by atoms with Crippen LogP contribution in [-0.4, -0.2) is 26.5 Å². The molecule has 0 amide bonds. The Morgan fingerprint density at radius 3 is 2.73 bits per heavy atom. The predicted molar refractivity (Wildman–Crippen MR) is 56.7 cm³/mol. The first kappa shape index (κ1) is 10.4. The lowest BCUT2D eigenvalue weighted by molar-refractivity contribution is 0.273. The molecule has 1 aliphatic rings. The number of ether oxygens (including phenoxy) is 1. The molecule has 82 valence electrons. The molecule has 0 bridgehead atoms. The zero-order chi connectivity index (χ0) is 10.5. The van der Waals surface area contributed by atoms with Crippen LogP contribution in [0.25, 0.3) is 0 Å². The fraction of sp³-hybridized carbons (Fsp3) is 0.455. The quantitative estimate of drug-likeness (QED) is 0.784. The minimum absolute atomic E-state index is 0.128. The molecule has 1 aromatic rings. The molecule has 1 atom stereocenters. The molecular weight excluding hydrogens is 195 g/mol. The van der Waals surface area contributed by atoms with Gasteiger partial charge < -0.3 is 10.1 Å². The summed E-state index contributed by atoms with van der Waals surface area (Å²) in [5.74, 6) is 0.724. The van der Waals surface area contributed by atoms with Gasteiger partial charge in [0.25, 0.3) is 0 Å². The Kier molecular flexibility index (Phi) is 3.53. The van der Waals surface area contributed by atoms with Gasteiger partial charge in [-0.2, -0.15) is 0 Å². The molecule has 1 aromatic carbocycles. The standard InChI is InChI=1S/C11H15FN2O/c12-5-6-15-10-3-1-9(2-4-10)11-7-13-8-14-11/h1-4,11,13-14H,5-8H2. The molecule has 1 aliphatic heterocycles. The third kappa shape index (κ3) is 2.67. The van der Waals surface area contributed by atoms with Crippen LogP contribution in [0, 0.1) is 0 Å². The monoisotopic (exact) mass is 210 g/mol. The number of hydrogen-bond donors (Lipinski definition) is 2. The summed E-state index contributed by atoms with van der Waals surface area (Å²) in [7, 11) is 0. The van der Waals surface area contributed by atoms with Gasteiger partial charge in [0, 0.05) is 19.3 Å². The molecule has 0 spiro atoms. The van der Waals surface area contributed by atoms with Crippen LogP contribution in [0.4, 0.5) is 4.39 Å². The predicted octanol–water partition coefficient (Wildman–Crippen LogP) is 1.23. The fourth-order valence-electron chi connectivity index (χ4n) is 1.67. The summed E-state index contributed by atoms with van der Waals surface area (Å²) >= 11 is 0. The Morgan fingerprint density at radius 1 is 1.33 bits per heavy atom. The van der Waals surface area contributed by atoms with E-state index in [1.807, 2.05) is 24.3 Å². The molecule has 3 nitrogen and oxygen atoms in total. The van der Waals surface area contributed by atoms with E-state index >= 15 is 0 Å². The van der Waals surface area contributed by atoms with Crippen LogP contribution < -0.4 is 15.4 Å². The highest BCUT2D eigenvalue weighted by molar-refractivity contribution is 5.29. The van der Waals surface area contributed by atoms with Crippen molar-refractivity contribution in [3.63, 3.8) is 0 Å². The molecule has 4 heteroatoms. The van der Waals surface area contributed by atoms with Crippen LogP contribution in [0.5, 0.6) is 5.75 Å². The van der Waals surface area contributed by atoms with Gasteiger partial charge in [-0.15, -0.1) is 0 Å². The van der Waals surface area contributed by atoms with E-state index in [0.29, 0.717) is 6.04 Å². The van der Waals surface area contributed by atoms with E-state index in [9.17, 15) is 4.39 Å². The molecule has 0 aromatic heterocycles. The largest absolute Gasteiger partial charge is 0.491 e. The van der Waals surface area contributed by atoms with Gasteiger partial charge in [-0.1, -0.05) is 12.1 Å². The Hall–Kier alpha value is -1.13. The Bertz CT molecular complexity index is 296. The second-order valence-electron chi connectivity index (χ2n) is 3.49.